The Balaban J connectivity index is 2.45. The number of benzene rings is 1. The number of aliphatic carboxylic acids is 1. The number of carboxylic acids is 1. The number of rotatable bonds is 8. The van der Waals surface area contributed by atoms with Crippen molar-refractivity contribution in [3.8, 4) is 0 Å². The summed E-state index contributed by atoms with van der Waals surface area (Å²) in [5, 5.41) is 8.65. The molecule has 0 spiro atoms. The fourth-order valence-electron chi connectivity index (χ4n) is 1.82. The predicted molar refractivity (Wildman–Crippen MR) is 80.9 cm³/mol. The molecule has 0 unspecified atom stereocenters. The van der Waals surface area contributed by atoms with Gasteiger partial charge in [-0.2, -0.15) is 0 Å². The molecule has 0 saturated carbocycles. The van der Waals surface area contributed by atoms with E-state index in [1.54, 1.807) is 4.90 Å². The lowest BCUT2D eigenvalue weighted by molar-refractivity contribution is -0.138. The van der Waals surface area contributed by atoms with Gasteiger partial charge in [-0.3, -0.25) is 9.59 Å². The second-order valence-corrected chi connectivity index (χ2v) is 5.83. The SMILES string of the molecule is CC(C)N(CCCC(=O)O)C(=O)CSc1ccccc1. The highest BCUT2D eigenvalue weighted by molar-refractivity contribution is 8.00. The number of hydrogen-bond acceptors (Lipinski definition) is 3. The van der Waals surface area contributed by atoms with E-state index >= 15 is 0 Å². The van der Waals surface area contributed by atoms with E-state index in [0.717, 1.165) is 4.90 Å². The molecule has 20 heavy (non-hydrogen) atoms. The lowest BCUT2D eigenvalue weighted by Gasteiger charge is -2.26. The highest BCUT2D eigenvalue weighted by atomic mass is 32.2. The standard InChI is InChI=1S/C15H21NO3S/c1-12(2)16(10-6-9-15(18)19)14(17)11-20-13-7-4-3-5-8-13/h3-5,7-8,12H,6,9-11H2,1-2H3,(H,18,19). The molecule has 0 bridgehead atoms. The molecule has 0 aliphatic heterocycles. The van der Waals surface area contributed by atoms with E-state index in [-0.39, 0.29) is 18.4 Å². The third-order valence-electron chi connectivity index (χ3n) is 2.84. The molecule has 0 saturated heterocycles. The molecule has 110 valence electrons. The van der Waals surface area contributed by atoms with E-state index < -0.39 is 5.97 Å². The number of carboxylic acid groups (broad SMARTS) is 1. The predicted octanol–water partition coefficient (Wildman–Crippen LogP) is 2.88. The molecule has 1 N–H and O–H groups in total. The normalized spacial score (nSPS) is 10.6. The smallest absolute Gasteiger partial charge is 0.303 e. The highest BCUT2D eigenvalue weighted by Crippen LogP contribution is 2.18. The van der Waals surface area contributed by atoms with Crippen molar-refractivity contribution in [2.24, 2.45) is 0 Å². The zero-order valence-corrected chi connectivity index (χ0v) is 12.7. The van der Waals surface area contributed by atoms with Gasteiger partial charge in [-0.05, 0) is 32.4 Å². The van der Waals surface area contributed by atoms with Crippen LogP contribution < -0.4 is 0 Å². The molecule has 4 nitrogen and oxygen atoms in total. The third kappa shape index (κ3) is 6.10. The minimum absolute atomic E-state index is 0.0549. The van der Waals surface area contributed by atoms with Gasteiger partial charge in [0.1, 0.15) is 0 Å². The van der Waals surface area contributed by atoms with Gasteiger partial charge in [0.15, 0.2) is 0 Å². The van der Waals surface area contributed by atoms with Gasteiger partial charge < -0.3 is 10.0 Å². The summed E-state index contributed by atoms with van der Waals surface area (Å²) in [6, 6.07) is 9.87. The second kappa shape index (κ2) is 8.64. The van der Waals surface area contributed by atoms with Crippen LogP contribution in [-0.4, -0.2) is 40.2 Å². The molecule has 0 aromatic heterocycles. The Morgan fingerprint density at radius 2 is 1.90 bits per heavy atom. The van der Waals surface area contributed by atoms with Gasteiger partial charge in [0.25, 0.3) is 0 Å². The summed E-state index contributed by atoms with van der Waals surface area (Å²) in [5.74, 6) is -0.381. The van der Waals surface area contributed by atoms with Gasteiger partial charge in [-0.15, -0.1) is 11.8 Å². The summed E-state index contributed by atoms with van der Waals surface area (Å²) in [6.45, 7) is 4.40. The van der Waals surface area contributed by atoms with E-state index in [1.165, 1.54) is 11.8 Å². The molecule has 1 rings (SSSR count). The first-order valence-electron chi connectivity index (χ1n) is 6.70. The molecular formula is C15H21NO3S. The average molecular weight is 295 g/mol. The van der Waals surface area contributed by atoms with Crippen LogP contribution in [0, 0.1) is 0 Å². The van der Waals surface area contributed by atoms with Crippen molar-refractivity contribution in [1.82, 2.24) is 4.90 Å². The Morgan fingerprint density at radius 3 is 2.45 bits per heavy atom. The number of amides is 1. The maximum Gasteiger partial charge on any atom is 0.303 e. The lowest BCUT2D eigenvalue weighted by Crippen LogP contribution is -2.39. The summed E-state index contributed by atoms with van der Waals surface area (Å²) in [7, 11) is 0. The molecule has 0 radical (unpaired) electrons. The summed E-state index contributed by atoms with van der Waals surface area (Å²) in [4.78, 5) is 25.5. The van der Waals surface area contributed by atoms with Crippen molar-refractivity contribution >= 4 is 23.6 Å². The third-order valence-corrected chi connectivity index (χ3v) is 3.84. The number of nitrogens with zero attached hydrogens (tertiary/aromatic N) is 1. The molecule has 1 aromatic rings. The number of hydrogen-bond donors (Lipinski definition) is 1. The van der Waals surface area contributed by atoms with Crippen LogP contribution in [0.5, 0.6) is 0 Å². The molecule has 0 aliphatic carbocycles. The monoisotopic (exact) mass is 295 g/mol. The van der Waals surface area contributed by atoms with Crippen LogP contribution in [0.4, 0.5) is 0 Å². The van der Waals surface area contributed by atoms with Crippen molar-refractivity contribution in [2.45, 2.75) is 37.6 Å². The Hall–Kier alpha value is -1.49. The number of carbonyl (C=O) groups excluding carboxylic acids is 1. The molecule has 0 heterocycles. The molecule has 1 aromatic carbocycles. The molecule has 0 aliphatic rings. The van der Waals surface area contributed by atoms with E-state index in [4.69, 9.17) is 5.11 Å². The van der Waals surface area contributed by atoms with E-state index in [9.17, 15) is 9.59 Å². The fourth-order valence-corrected chi connectivity index (χ4v) is 2.62. The van der Waals surface area contributed by atoms with Gasteiger partial charge >= 0.3 is 5.97 Å². The first-order chi connectivity index (χ1) is 9.50. The summed E-state index contributed by atoms with van der Waals surface area (Å²) in [5.41, 5.74) is 0. The van der Waals surface area contributed by atoms with Gasteiger partial charge in [0, 0.05) is 23.9 Å². The Kier molecular flexibility index (Phi) is 7.15. The lowest BCUT2D eigenvalue weighted by atomic mass is 10.2. The topological polar surface area (TPSA) is 57.6 Å². The van der Waals surface area contributed by atoms with E-state index in [0.29, 0.717) is 18.7 Å². The molecular weight excluding hydrogens is 274 g/mol. The largest absolute Gasteiger partial charge is 0.481 e. The van der Waals surface area contributed by atoms with Gasteiger partial charge in [-0.1, -0.05) is 18.2 Å². The average Bonchev–Trinajstić information content (AvgIpc) is 2.41. The number of carbonyl (C=O) groups is 2. The van der Waals surface area contributed by atoms with E-state index in [1.807, 2.05) is 44.2 Å². The quantitative estimate of drug-likeness (QED) is 0.749. The van der Waals surface area contributed by atoms with Crippen molar-refractivity contribution in [2.75, 3.05) is 12.3 Å². The highest BCUT2D eigenvalue weighted by Gasteiger charge is 2.17. The fraction of sp³-hybridized carbons (Fsp3) is 0.467. The minimum atomic E-state index is -0.820. The van der Waals surface area contributed by atoms with Crippen molar-refractivity contribution in [1.29, 1.82) is 0 Å². The maximum absolute atomic E-state index is 12.2. The summed E-state index contributed by atoms with van der Waals surface area (Å²) >= 11 is 1.51. The molecule has 1 amide bonds. The maximum atomic E-state index is 12.2. The van der Waals surface area contributed by atoms with Gasteiger partial charge in [0.2, 0.25) is 5.91 Å². The Morgan fingerprint density at radius 1 is 1.25 bits per heavy atom. The second-order valence-electron chi connectivity index (χ2n) is 4.78. The van der Waals surface area contributed by atoms with Crippen molar-refractivity contribution in [3.05, 3.63) is 30.3 Å². The van der Waals surface area contributed by atoms with Gasteiger partial charge in [0.05, 0.1) is 5.75 Å². The van der Waals surface area contributed by atoms with Crippen molar-refractivity contribution in [3.63, 3.8) is 0 Å². The molecule has 0 atom stereocenters. The zero-order valence-electron chi connectivity index (χ0n) is 11.9. The number of thioether (sulfide) groups is 1. The molecule has 0 fully saturated rings. The Labute approximate surface area is 124 Å². The first kappa shape index (κ1) is 16.6. The van der Waals surface area contributed by atoms with Crippen LogP contribution in [0.3, 0.4) is 0 Å². The van der Waals surface area contributed by atoms with Crippen LogP contribution in [0.2, 0.25) is 0 Å². The summed E-state index contributed by atoms with van der Waals surface area (Å²) < 4.78 is 0. The Bertz CT molecular complexity index is 434. The summed E-state index contributed by atoms with van der Waals surface area (Å²) in [6.07, 6.45) is 0.595. The zero-order chi connectivity index (χ0) is 15.0. The minimum Gasteiger partial charge on any atom is -0.481 e. The van der Waals surface area contributed by atoms with Crippen LogP contribution in [0.25, 0.3) is 0 Å². The van der Waals surface area contributed by atoms with Crippen LogP contribution >= 0.6 is 11.8 Å². The van der Waals surface area contributed by atoms with E-state index in [2.05, 4.69) is 0 Å². The van der Waals surface area contributed by atoms with Crippen LogP contribution in [-0.2, 0) is 9.59 Å². The van der Waals surface area contributed by atoms with Crippen molar-refractivity contribution < 1.29 is 14.7 Å². The first-order valence-corrected chi connectivity index (χ1v) is 7.68. The van der Waals surface area contributed by atoms with Crippen LogP contribution in [0.15, 0.2) is 35.2 Å². The molecule has 5 heteroatoms. The van der Waals surface area contributed by atoms with Gasteiger partial charge in [-0.25, -0.2) is 0 Å². The van der Waals surface area contributed by atoms with Crippen LogP contribution in [0.1, 0.15) is 26.7 Å².